The third-order valence-electron chi connectivity index (χ3n) is 5.76. The van der Waals surface area contributed by atoms with Gasteiger partial charge in [0.1, 0.15) is 5.82 Å². The lowest BCUT2D eigenvalue weighted by molar-refractivity contribution is 0.174. The normalized spacial score (nSPS) is 16.8. The largest absolute Gasteiger partial charge is 0.372 e. The van der Waals surface area contributed by atoms with Gasteiger partial charge in [-0.1, -0.05) is 18.2 Å². The van der Waals surface area contributed by atoms with Crippen molar-refractivity contribution in [3.63, 3.8) is 0 Å². The van der Waals surface area contributed by atoms with Crippen molar-refractivity contribution in [3.05, 3.63) is 78.4 Å². The summed E-state index contributed by atoms with van der Waals surface area (Å²) in [5.41, 5.74) is 3.41. The number of aromatic nitrogens is 1. The minimum absolute atomic E-state index is 0.0845. The van der Waals surface area contributed by atoms with E-state index in [1.54, 1.807) is 12.1 Å². The van der Waals surface area contributed by atoms with Crippen molar-refractivity contribution in [1.29, 1.82) is 0 Å². The van der Waals surface area contributed by atoms with Crippen molar-refractivity contribution in [1.82, 2.24) is 9.47 Å². The molecule has 0 bridgehead atoms. The van der Waals surface area contributed by atoms with Crippen LogP contribution >= 0.6 is 0 Å². The van der Waals surface area contributed by atoms with E-state index in [9.17, 15) is 9.18 Å². The maximum atomic E-state index is 13.8. The van der Waals surface area contributed by atoms with Crippen molar-refractivity contribution in [2.24, 2.45) is 0 Å². The van der Waals surface area contributed by atoms with Crippen LogP contribution in [-0.2, 0) is 5.54 Å². The summed E-state index contributed by atoms with van der Waals surface area (Å²) < 4.78 is 15.9. The molecule has 2 aliphatic rings. The van der Waals surface area contributed by atoms with Crippen molar-refractivity contribution >= 4 is 17.4 Å². The predicted molar refractivity (Wildman–Crippen MR) is 107 cm³/mol. The van der Waals surface area contributed by atoms with Crippen LogP contribution < -0.4 is 10.6 Å². The number of piperidine rings is 1. The van der Waals surface area contributed by atoms with Crippen LogP contribution in [0, 0.1) is 5.82 Å². The van der Waals surface area contributed by atoms with Gasteiger partial charge in [0.2, 0.25) is 0 Å². The van der Waals surface area contributed by atoms with Crippen LogP contribution in [0.3, 0.4) is 0 Å². The Morgan fingerprint density at radius 1 is 1.04 bits per heavy atom. The van der Waals surface area contributed by atoms with Crippen molar-refractivity contribution in [2.75, 3.05) is 23.7 Å². The van der Waals surface area contributed by atoms with E-state index in [2.05, 4.69) is 21.3 Å². The molecule has 28 heavy (non-hydrogen) atoms. The van der Waals surface area contributed by atoms with Crippen LogP contribution in [0.5, 0.6) is 0 Å². The van der Waals surface area contributed by atoms with E-state index in [0.717, 1.165) is 35.6 Å². The quantitative estimate of drug-likeness (QED) is 0.654. The molecule has 3 aromatic rings. The molecule has 3 heterocycles. The minimum Gasteiger partial charge on any atom is -0.372 e. The zero-order chi connectivity index (χ0) is 19.1. The summed E-state index contributed by atoms with van der Waals surface area (Å²) in [7, 11) is 0. The number of carbonyl (C=O) groups is 1. The topological polar surface area (TPSA) is 49.3 Å². The lowest BCUT2D eigenvalue weighted by atomic mass is 9.82. The molecule has 5 rings (SSSR count). The monoisotopic (exact) mass is 376 g/mol. The number of nitrogens with zero attached hydrogens (tertiary/aromatic N) is 2. The Balaban J connectivity index is 1.37. The summed E-state index contributed by atoms with van der Waals surface area (Å²) in [6.07, 6.45) is 3.54. The number of rotatable bonds is 1. The van der Waals surface area contributed by atoms with Gasteiger partial charge in [-0.3, -0.25) is 0 Å². The molecule has 0 unspecified atom stereocenters. The number of hydrogen-bond acceptors (Lipinski definition) is 2. The van der Waals surface area contributed by atoms with E-state index in [1.807, 2.05) is 47.5 Å². The molecular formula is C22H21FN4O. The molecular weight excluding hydrogens is 355 g/mol. The number of nitrogens with one attached hydrogen (secondary N) is 2. The molecule has 0 saturated carbocycles. The SMILES string of the molecule is O=C(Nc1ccccc1)N1CCC2(CC1)Nc1cc(F)ccc1-n1cccc12. The van der Waals surface area contributed by atoms with E-state index in [0.29, 0.717) is 13.1 Å². The highest BCUT2D eigenvalue weighted by Crippen LogP contribution is 2.43. The first-order valence-electron chi connectivity index (χ1n) is 9.52. The molecule has 1 fully saturated rings. The van der Waals surface area contributed by atoms with Gasteiger partial charge in [0.25, 0.3) is 0 Å². The van der Waals surface area contributed by atoms with Gasteiger partial charge in [-0.2, -0.15) is 0 Å². The van der Waals surface area contributed by atoms with E-state index < -0.39 is 0 Å². The first kappa shape index (κ1) is 16.9. The summed E-state index contributed by atoms with van der Waals surface area (Å²) in [5, 5.41) is 6.54. The number of carbonyl (C=O) groups excluding carboxylic acids is 1. The Labute approximate surface area is 162 Å². The van der Waals surface area contributed by atoms with Gasteiger partial charge in [0, 0.05) is 30.7 Å². The number of benzene rings is 2. The van der Waals surface area contributed by atoms with E-state index in [1.165, 1.54) is 6.07 Å². The first-order chi connectivity index (χ1) is 13.6. The zero-order valence-electron chi connectivity index (χ0n) is 15.4. The molecule has 6 heteroatoms. The summed E-state index contributed by atoms with van der Waals surface area (Å²) in [5.74, 6) is -0.253. The molecule has 2 aliphatic heterocycles. The number of para-hydroxylation sites is 1. The molecule has 142 valence electrons. The second-order valence-electron chi connectivity index (χ2n) is 7.42. The van der Waals surface area contributed by atoms with Gasteiger partial charge >= 0.3 is 6.03 Å². The Bertz CT molecular complexity index is 1020. The van der Waals surface area contributed by atoms with Gasteiger partial charge in [0.15, 0.2) is 0 Å². The van der Waals surface area contributed by atoms with Gasteiger partial charge in [0.05, 0.1) is 16.9 Å². The van der Waals surface area contributed by atoms with E-state index in [-0.39, 0.29) is 17.4 Å². The molecule has 2 aromatic carbocycles. The Kier molecular flexibility index (Phi) is 3.86. The van der Waals surface area contributed by atoms with Crippen LogP contribution in [-0.4, -0.2) is 28.6 Å². The van der Waals surface area contributed by atoms with Crippen LogP contribution in [0.2, 0.25) is 0 Å². The number of hydrogen-bond donors (Lipinski definition) is 2. The van der Waals surface area contributed by atoms with Gasteiger partial charge in [-0.25, -0.2) is 9.18 Å². The second kappa shape index (κ2) is 6.41. The maximum Gasteiger partial charge on any atom is 0.321 e. The Hall–Kier alpha value is -3.28. The van der Waals surface area contributed by atoms with Crippen molar-refractivity contribution in [2.45, 2.75) is 18.4 Å². The molecule has 1 aromatic heterocycles. The number of fused-ring (bicyclic) bond motifs is 4. The number of amides is 2. The van der Waals surface area contributed by atoms with Crippen LogP contribution in [0.1, 0.15) is 18.5 Å². The fourth-order valence-electron chi connectivity index (χ4n) is 4.32. The molecule has 5 nitrogen and oxygen atoms in total. The van der Waals surface area contributed by atoms with Crippen molar-refractivity contribution in [3.8, 4) is 5.69 Å². The van der Waals surface area contributed by atoms with E-state index >= 15 is 0 Å². The number of halogens is 1. The van der Waals surface area contributed by atoms with Gasteiger partial charge < -0.3 is 20.1 Å². The second-order valence-corrected chi connectivity index (χ2v) is 7.42. The number of likely N-dealkylation sites (tertiary alicyclic amines) is 1. The highest BCUT2D eigenvalue weighted by molar-refractivity contribution is 5.89. The summed E-state index contributed by atoms with van der Waals surface area (Å²) in [6.45, 7) is 1.25. The molecule has 0 atom stereocenters. The standard InChI is InChI=1S/C22H21FN4O/c23-16-8-9-19-18(15-16)25-22(20-7-4-12-27(19)20)10-13-26(14-11-22)21(28)24-17-5-2-1-3-6-17/h1-9,12,15,25H,10-11,13-14H2,(H,24,28). The van der Waals surface area contributed by atoms with Crippen LogP contribution in [0.25, 0.3) is 5.69 Å². The highest BCUT2D eigenvalue weighted by atomic mass is 19.1. The fraction of sp³-hybridized carbons (Fsp3) is 0.227. The predicted octanol–water partition coefficient (Wildman–Crippen LogP) is 4.57. The zero-order valence-corrected chi connectivity index (χ0v) is 15.4. The maximum absolute atomic E-state index is 13.8. The summed E-state index contributed by atoms with van der Waals surface area (Å²) >= 11 is 0. The minimum atomic E-state index is -0.298. The molecule has 2 N–H and O–H groups in total. The van der Waals surface area contributed by atoms with Crippen LogP contribution in [0.15, 0.2) is 66.9 Å². The average Bonchev–Trinajstić information content (AvgIpc) is 3.20. The van der Waals surface area contributed by atoms with Gasteiger partial charge in [-0.05, 0) is 55.3 Å². The van der Waals surface area contributed by atoms with E-state index in [4.69, 9.17) is 0 Å². The molecule has 0 radical (unpaired) electrons. The number of anilines is 2. The van der Waals surface area contributed by atoms with Crippen molar-refractivity contribution < 1.29 is 9.18 Å². The molecule has 1 saturated heterocycles. The highest BCUT2D eigenvalue weighted by Gasteiger charge is 2.42. The lowest BCUT2D eigenvalue weighted by Gasteiger charge is -2.46. The van der Waals surface area contributed by atoms with Gasteiger partial charge in [-0.15, -0.1) is 0 Å². The Morgan fingerprint density at radius 3 is 2.61 bits per heavy atom. The fourth-order valence-corrected chi connectivity index (χ4v) is 4.32. The van der Waals surface area contributed by atoms with Crippen LogP contribution in [0.4, 0.5) is 20.6 Å². The lowest BCUT2D eigenvalue weighted by Crippen LogP contribution is -2.51. The average molecular weight is 376 g/mol. The molecule has 1 spiro atoms. The Morgan fingerprint density at radius 2 is 1.82 bits per heavy atom. The summed E-state index contributed by atoms with van der Waals surface area (Å²) in [4.78, 5) is 14.5. The number of urea groups is 1. The molecule has 0 aliphatic carbocycles. The summed E-state index contributed by atoms with van der Waals surface area (Å²) in [6, 6.07) is 18.4. The third-order valence-corrected chi connectivity index (χ3v) is 5.76. The first-order valence-corrected chi connectivity index (χ1v) is 9.52. The smallest absolute Gasteiger partial charge is 0.321 e. The molecule has 2 amide bonds. The third kappa shape index (κ3) is 2.72.